The molecule has 2 bridgehead atoms. The number of amides is 2. The van der Waals surface area contributed by atoms with E-state index >= 15 is 0 Å². The molecule has 0 radical (unpaired) electrons. The van der Waals surface area contributed by atoms with Crippen LogP contribution in [0, 0.1) is 17.3 Å². The van der Waals surface area contributed by atoms with E-state index in [9.17, 15) is 9.59 Å². The van der Waals surface area contributed by atoms with Crippen molar-refractivity contribution in [1.82, 2.24) is 15.1 Å². The normalized spacial score (nSPS) is 32.0. The van der Waals surface area contributed by atoms with Crippen molar-refractivity contribution in [2.45, 2.75) is 71.0 Å². The SMILES string of the molecule is CC(C)(C)CCC(=O)NC[C@H]1[C@H]2CN(CCN3CCCC3=O)C[C@]23CC[C@H]1O3.O=CO. The molecule has 4 aliphatic heterocycles. The number of rotatable bonds is 7. The van der Waals surface area contributed by atoms with Crippen LogP contribution in [0.3, 0.4) is 0 Å². The highest BCUT2D eigenvalue weighted by Gasteiger charge is 2.62. The van der Waals surface area contributed by atoms with Crippen LogP contribution < -0.4 is 5.32 Å². The van der Waals surface area contributed by atoms with Crippen molar-refractivity contribution in [3.63, 3.8) is 0 Å². The van der Waals surface area contributed by atoms with E-state index in [0.717, 1.165) is 65.0 Å². The van der Waals surface area contributed by atoms with E-state index in [4.69, 9.17) is 14.6 Å². The second kappa shape index (κ2) is 9.86. The van der Waals surface area contributed by atoms with E-state index in [1.165, 1.54) is 0 Å². The Balaban J connectivity index is 0.000000858. The summed E-state index contributed by atoms with van der Waals surface area (Å²) in [6, 6.07) is 0. The summed E-state index contributed by atoms with van der Waals surface area (Å²) in [6.07, 6.45) is 5.83. The summed E-state index contributed by atoms with van der Waals surface area (Å²) in [5.41, 5.74) is 0.195. The van der Waals surface area contributed by atoms with Crippen molar-refractivity contribution in [2.24, 2.45) is 17.3 Å². The molecule has 4 rings (SSSR count). The third-order valence-electron chi connectivity index (χ3n) is 7.35. The Hall–Kier alpha value is -1.67. The molecule has 0 aromatic carbocycles. The lowest BCUT2D eigenvalue weighted by atomic mass is 9.73. The molecular formula is C23H39N3O5. The molecule has 31 heavy (non-hydrogen) atoms. The average Bonchev–Trinajstić information content (AvgIpc) is 3.43. The highest BCUT2D eigenvalue weighted by atomic mass is 16.5. The molecule has 0 aliphatic carbocycles. The van der Waals surface area contributed by atoms with Gasteiger partial charge in [-0.1, -0.05) is 20.8 Å². The first kappa shape index (κ1) is 24.0. The summed E-state index contributed by atoms with van der Waals surface area (Å²) in [5, 5.41) is 10.1. The number of likely N-dealkylation sites (tertiary alicyclic amines) is 2. The first-order valence-electron chi connectivity index (χ1n) is 11.7. The zero-order valence-corrected chi connectivity index (χ0v) is 19.3. The summed E-state index contributed by atoms with van der Waals surface area (Å²) in [6.45, 7) is 11.8. The molecule has 0 unspecified atom stereocenters. The fourth-order valence-corrected chi connectivity index (χ4v) is 5.74. The van der Waals surface area contributed by atoms with Crippen molar-refractivity contribution in [3.05, 3.63) is 0 Å². The minimum absolute atomic E-state index is 0.000485. The van der Waals surface area contributed by atoms with Gasteiger partial charge >= 0.3 is 0 Å². The lowest BCUT2D eigenvalue weighted by molar-refractivity contribution is -0.128. The zero-order valence-electron chi connectivity index (χ0n) is 19.3. The quantitative estimate of drug-likeness (QED) is 0.589. The third kappa shape index (κ3) is 5.77. The second-order valence-corrected chi connectivity index (χ2v) is 10.7. The van der Waals surface area contributed by atoms with Gasteiger partial charge in [-0.15, -0.1) is 0 Å². The molecule has 4 saturated heterocycles. The molecule has 1 spiro atoms. The Morgan fingerprint density at radius 2 is 2.10 bits per heavy atom. The van der Waals surface area contributed by atoms with Crippen molar-refractivity contribution in [2.75, 3.05) is 39.3 Å². The van der Waals surface area contributed by atoms with Gasteiger partial charge in [-0.3, -0.25) is 19.3 Å². The first-order chi connectivity index (χ1) is 14.7. The number of carbonyl (C=O) groups is 3. The number of nitrogens with zero attached hydrogens (tertiary/aromatic N) is 2. The fraction of sp³-hybridized carbons (Fsp3) is 0.870. The smallest absolute Gasteiger partial charge is 0.290 e. The van der Waals surface area contributed by atoms with E-state index in [-0.39, 0.29) is 23.4 Å². The van der Waals surface area contributed by atoms with Gasteiger partial charge in [-0.2, -0.15) is 0 Å². The minimum Gasteiger partial charge on any atom is -0.483 e. The fourth-order valence-electron chi connectivity index (χ4n) is 5.74. The van der Waals surface area contributed by atoms with Crippen molar-refractivity contribution in [3.8, 4) is 0 Å². The zero-order chi connectivity index (χ0) is 22.6. The number of carboxylic acid groups (broad SMARTS) is 1. The van der Waals surface area contributed by atoms with Crippen molar-refractivity contribution < 1.29 is 24.2 Å². The predicted molar refractivity (Wildman–Crippen MR) is 116 cm³/mol. The summed E-state index contributed by atoms with van der Waals surface area (Å²) >= 11 is 0. The number of hydrogen-bond acceptors (Lipinski definition) is 5. The van der Waals surface area contributed by atoms with Crippen molar-refractivity contribution >= 4 is 18.3 Å². The molecule has 8 nitrogen and oxygen atoms in total. The van der Waals surface area contributed by atoms with Crippen LogP contribution in [0.2, 0.25) is 0 Å². The maximum absolute atomic E-state index is 12.3. The standard InChI is InChI=1S/C22H37N3O3.CH2O2/c1-21(2,3)8-7-19(26)23-13-16-17-14-24(11-12-25-10-4-5-20(25)27)15-22(17)9-6-18(16)28-22;2-1-3/h16-18H,4-15H2,1-3H3,(H,23,26);1H,(H,2,3)/t16-,17+,18+,22+;/m0./s1. The predicted octanol–water partition coefficient (Wildman–Crippen LogP) is 1.73. The first-order valence-corrected chi connectivity index (χ1v) is 11.7. The van der Waals surface area contributed by atoms with Crippen LogP contribution in [-0.4, -0.2) is 84.2 Å². The molecule has 2 amide bonds. The van der Waals surface area contributed by atoms with E-state index in [1.807, 2.05) is 4.90 Å². The minimum atomic E-state index is -0.250. The van der Waals surface area contributed by atoms with Gasteiger partial charge in [0.05, 0.1) is 11.7 Å². The Morgan fingerprint density at radius 3 is 2.74 bits per heavy atom. The van der Waals surface area contributed by atoms with Crippen LogP contribution in [0.25, 0.3) is 0 Å². The van der Waals surface area contributed by atoms with Gasteiger partial charge in [-0.25, -0.2) is 0 Å². The number of nitrogens with one attached hydrogen (secondary N) is 1. The summed E-state index contributed by atoms with van der Waals surface area (Å²) in [5.74, 6) is 1.44. The molecule has 4 atom stereocenters. The van der Waals surface area contributed by atoms with E-state index in [0.29, 0.717) is 36.7 Å². The second-order valence-electron chi connectivity index (χ2n) is 10.7. The Labute approximate surface area is 185 Å². The molecule has 4 aliphatic rings. The van der Waals surface area contributed by atoms with Crippen molar-refractivity contribution in [1.29, 1.82) is 0 Å². The van der Waals surface area contributed by atoms with Crippen LogP contribution in [0.4, 0.5) is 0 Å². The maximum atomic E-state index is 12.3. The van der Waals surface area contributed by atoms with Crippen LogP contribution in [0.1, 0.15) is 59.3 Å². The molecule has 0 aromatic rings. The van der Waals surface area contributed by atoms with E-state index < -0.39 is 0 Å². The summed E-state index contributed by atoms with van der Waals surface area (Å²) in [7, 11) is 0. The van der Waals surface area contributed by atoms with Gasteiger partial charge in [0.1, 0.15) is 0 Å². The molecule has 2 N–H and O–H groups in total. The van der Waals surface area contributed by atoms with Gasteiger partial charge in [0.15, 0.2) is 0 Å². The maximum Gasteiger partial charge on any atom is 0.290 e. The molecule has 4 heterocycles. The van der Waals surface area contributed by atoms with Gasteiger partial charge < -0.3 is 20.1 Å². The largest absolute Gasteiger partial charge is 0.483 e. The van der Waals surface area contributed by atoms with E-state index in [2.05, 4.69) is 31.0 Å². The lowest BCUT2D eigenvalue weighted by Gasteiger charge is -2.29. The van der Waals surface area contributed by atoms with Gasteiger partial charge in [0.25, 0.3) is 6.47 Å². The molecule has 0 aromatic heterocycles. The Kier molecular flexibility index (Phi) is 7.63. The van der Waals surface area contributed by atoms with Crippen LogP contribution in [0.15, 0.2) is 0 Å². The van der Waals surface area contributed by atoms with Gasteiger partial charge in [0.2, 0.25) is 11.8 Å². The molecule has 0 saturated carbocycles. The van der Waals surface area contributed by atoms with Gasteiger partial charge in [0, 0.05) is 63.9 Å². The van der Waals surface area contributed by atoms with Crippen LogP contribution in [-0.2, 0) is 19.1 Å². The highest BCUT2D eigenvalue weighted by Crippen LogP contribution is 2.54. The average molecular weight is 438 g/mol. The Bertz CT molecular complexity index is 664. The third-order valence-corrected chi connectivity index (χ3v) is 7.35. The van der Waals surface area contributed by atoms with Crippen LogP contribution >= 0.6 is 0 Å². The number of hydrogen-bond donors (Lipinski definition) is 2. The number of ether oxygens (including phenoxy) is 1. The molecule has 4 fully saturated rings. The van der Waals surface area contributed by atoms with Gasteiger partial charge in [-0.05, 0) is 31.1 Å². The number of carbonyl (C=O) groups excluding carboxylic acids is 2. The van der Waals surface area contributed by atoms with Crippen LogP contribution in [0.5, 0.6) is 0 Å². The summed E-state index contributed by atoms with van der Waals surface area (Å²) in [4.78, 5) is 37.0. The highest BCUT2D eigenvalue weighted by molar-refractivity contribution is 5.78. The summed E-state index contributed by atoms with van der Waals surface area (Å²) < 4.78 is 6.49. The number of fused-ring (bicyclic) bond motifs is 1. The van der Waals surface area contributed by atoms with E-state index in [1.54, 1.807) is 0 Å². The molecule has 176 valence electrons. The Morgan fingerprint density at radius 1 is 1.35 bits per heavy atom. The monoisotopic (exact) mass is 437 g/mol. The lowest BCUT2D eigenvalue weighted by Crippen LogP contribution is -2.42. The molecule has 8 heteroatoms. The molecular weight excluding hydrogens is 398 g/mol. The topological polar surface area (TPSA) is 99.2 Å².